The summed E-state index contributed by atoms with van der Waals surface area (Å²) >= 11 is 3.60. The maximum atomic E-state index is 6.26. The van der Waals surface area contributed by atoms with E-state index in [1.165, 1.54) is 11.1 Å². The Morgan fingerprint density at radius 1 is 1.00 bits per heavy atom. The van der Waals surface area contributed by atoms with Crippen molar-refractivity contribution >= 4 is 26.9 Å². The molecule has 0 bridgehead atoms. The van der Waals surface area contributed by atoms with E-state index < -0.39 is 0 Å². The molecule has 5 rings (SSSR count). The monoisotopic (exact) mass is 406 g/mol. The van der Waals surface area contributed by atoms with Crippen LogP contribution in [-0.2, 0) is 11.8 Å². The summed E-state index contributed by atoms with van der Waals surface area (Å²) in [6, 6.07) is 19.1. The van der Waals surface area contributed by atoms with Crippen molar-refractivity contribution in [1.82, 2.24) is 0 Å². The van der Waals surface area contributed by atoms with Gasteiger partial charge in [-0.25, -0.2) is 0 Å². The molecule has 26 heavy (non-hydrogen) atoms. The smallest absolute Gasteiger partial charge is 0.142 e. The van der Waals surface area contributed by atoms with Crippen LogP contribution in [0.3, 0.4) is 0 Å². The highest BCUT2D eigenvalue weighted by Crippen LogP contribution is 2.49. The van der Waals surface area contributed by atoms with E-state index in [1.807, 2.05) is 19.1 Å². The summed E-state index contributed by atoms with van der Waals surface area (Å²) in [4.78, 5) is 0. The van der Waals surface area contributed by atoms with Crippen molar-refractivity contribution in [1.29, 1.82) is 0 Å². The molecule has 0 unspecified atom stereocenters. The van der Waals surface area contributed by atoms with Gasteiger partial charge in [0.15, 0.2) is 0 Å². The van der Waals surface area contributed by atoms with E-state index in [2.05, 4.69) is 65.3 Å². The minimum atomic E-state index is -0.103. The predicted octanol–water partition coefficient (Wildman–Crippen LogP) is 7.02. The van der Waals surface area contributed by atoms with Crippen LogP contribution in [0.5, 0.6) is 0 Å². The fourth-order valence-electron chi connectivity index (χ4n) is 4.26. The second-order valence-electron chi connectivity index (χ2n) is 7.34. The van der Waals surface area contributed by atoms with Crippen molar-refractivity contribution in [3.05, 3.63) is 81.7 Å². The van der Waals surface area contributed by atoms with E-state index >= 15 is 0 Å². The summed E-state index contributed by atoms with van der Waals surface area (Å²) in [5.74, 6) is 2.92. The number of benzene rings is 2. The largest absolute Gasteiger partial charge is 0.461 e. The number of halogens is 1. The SMILES string of the molecule is Cc1cc2c(o1)-c1c(oc3ccc(Br)cc13)CC[C@]2(C)c1ccccc1. The molecule has 130 valence electrons. The Hall–Kier alpha value is -2.26. The summed E-state index contributed by atoms with van der Waals surface area (Å²) < 4.78 is 13.5. The molecular weight excluding hydrogens is 388 g/mol. The molecule has 0 fully saturated rings. The third-order valence-corrected chi connectivity index (χ3v) is 6.16. The number of hydrogen-bond donors (Lipinski definition) is 0. The second kappa shape index (κ2) is 5.62. The van der Waals surface area contributed by atoms with Crippen LogP contribution in [0.4, 0.5) is 0 Å². The van der Waals surface area contributed by atoms with Crippen LogP contribution in [0.1, 0.15) is 36.0 Å². The van der Waals surface area contributed by atoms with Crippen LogP contribution < -0.4 is 0 Å². The number of rotatable bonds is 1. The van der Waals surface area contributed by atoms with Gasteiger partial charge in [-0.1, -0.05) is 53.2 Å². The summed E-state index contributed by atoms with van der Waals surface area (Å²) in [5.41, 5.74) is 4.50. The fraction of sp³-hybridized carbons (Fsp3) is 0.217. The van der Waals surface area contributed by atoms with Crippen LogP contribution >= 0.6 is 15.9 Å². The molecule has 3 heteroatoms. The molecule has 0 aliphatic heterocycles. The molecule has 0 spiro atoms. The third kappa shape index (κ3) is 2.23. The van der Waals surface area contributed by atoms with Crippen LogP contribution in [0.2, 0.25) is 0 Å². The lowest BCUT2D eigenvalue weighted by Crippen LogP contribution is -2.23. The minimum Gasteiger partial charge on any atom is -0.461 e. The van der Waals surface area contributed by atoms with E-state index in [-0.39, 0.29) is 5.41 Å². The Balaban J connectivity index is 1.83. The van der Waals surface area contributed by atoms with Gasteiger partial charge in [-0.05, 0) is 43.2 Å². The number of aryl methyl sites for hydroxylation is 2. The van der Waals surface area contributed by atoms with Crippen LogP contribution in [0.15, 0.2) is 67.9 Å². The molecule has 0 amide bonds. The maximum absolute atomic E-state index is 6.26. The van der Waals surface area contributed by atoms with Gasteiger partial charge in [0, 0.05) is 27.3 Å². The second-order valence-corrected chi connectivity index (χ2v) is 8.25. The van der Waals surface area contributed by atoms with Gasteiger partial charge in [0.2, 0.25) is 0 Å². The van der Waals surface area contributed by atoms with Crippen LogP contribution in [0, 0.1) is 6.92 Å². The van der Waals surface area contributed by atoms with E-state index in [1.54, 1.807) is 0 Å². The maximum Gasteiger partial charge on any atom is 0.142 e. The summed E-state index contributed by atoms with van der Waals surface area (Å²) in [6.07, 6.45) is 1.87. The zero-order chi connectivity index (χ0) is 17.9. The van der Waals surface area contributed by atoms with Gasteiger partial charge in [0.25, 0.3) is 0 Å². The third-order valence-electron chi connectivity index (χ3n) is 5.66. The zero-order valence-corrected chi connectivity index (χ0v) is 16.4. The van der Waals surface area contributed by atoms with Crippen LogP contribution in [0.25, 0.3) is 22.3 Å². The van der Waals surface area contributed by atoms with E-state index in [0.29, 0.717) is 0 Å². The van der Waals surface area contributed by atoms with Gasteiger partial charge >= 0.3 is 0 Å². The van der Waals surface area contributed by atoms with Crippen molar-refractivity contribution in [3.8, 4) is 11.3 Å². The van der Waals surface area contributed by atoms with Crippen molar-refractivity contribution < 1.29 is 8.83 Å². The lowest BCUT2D eigenvalue weighted by Gasteiger charge is -2.29. The highest BCUT2D eigenvalue weighted by Gasteiger charge is 2.38. The first-order chi connectivity index (χ1) is 12.6. The Kier molecular flexibility index (Phi) is 3.45. The average molecular weight is 407 g/mol. The highest BCUT2D eigenvalue weighted by molar-refractivity contribution is 9.10. The molecule has 0 N–H and O–H groups in total. The summed E-state index contributed by atoms with van der Waals surface area (Å²) in [7, 11) is 0. The Morgan fingerprint density at radius 2 is 1.81 bits per heavy atom. The Bertz CT molecular complexity index is 1120. The highest BCUT2D eigenvalue weighted by atomic mass is 79.9. The molecule has 2 heterocycles. The molecule has 0 radical (unpaired) electrons. The number of hydrogen-bond acceptors (Lipinski definition) is 2. The fourth-order valence-corrected chi connectivity index (χ4v) is 4.62. The van der Waals surface area contributed by atoms with Crippen molar-refractivity contribution in [2.45, 2.75) is 32.1 Å². The van der Waals surface area contributed by atoms with Crippen molar-refractivity contribution in [3.63, 3.8) is 0 Å². The molecular formula is C23H19BrO2. The van der Waals surface area contributed by atoms with Crippen molar-refractivity contribution in [2.75, 3.05) is 0 Å². The molecule has 1 aliphatic rings. The molecule has 2 aromatic heterocycles. The van der Waals surface area contributed by atoms with Crippen molar-refractivity contribution in [2.24, 2.45) is 0 Å². The zero-order valence-electron chi connectivity index (χ0n) is 14.8. The van der Waals surface area contributed by atoms with E-state index in [4.69, 9.17) is 8.83 Å². The first-order valence-electron chi connectivity index (χ1n) is 8.94. The van der Waals surface area contributed by atoms with Gasteiger partial charge in [-0.2, -0.15) is 0 Å². The van der Waals surface area contributed by atoms with E-state index in [9.17, 15) is 0 Å². The van der Waals surface area contributed by atoms with Crippen LogP contribution in [-0.4, -0.2) is 0 Å². The normalized spacial score (nSPS) is 19.2. The molecule has 1 atom stereocenters. The molecule has 2 aromatic carbocycles. The van der Waals surface area contributed by atoms with Gasteiger partial charge in [0.05, 0.1) is 5.56 Å². The number of fused-ring (bicyclic) bond motifs is 5. The lowest BCUT2D eigenvalue weighted by atomic mass is 9.73. The molecule has 4 aromatic rings. The Morgan fingerprint density at radius 3 is 2.62 bits per heavy atom. The molecule has 2 nitrogen and oxygen atoms in total. The molecule has 1 aliphatic carbocycles. The molecule has 0 saturated heterocycles. The lowest BCUT2D eigenvalue weighted by molar-refractivity contribution is 0.477. The van der Waals surface area contributed by atoms with Gasteiger partial charge in [0.1, 0.15) is 22.9 Å². The summed E-state index contributed by atoms with van der Waals surface area (Å²) in [5, 5.41) is 1.11. The average Bonchev–Trinajstić information content (AvgIpc) is 3.17. The Labute approximate surface area is 161 Å². The van der Waals surface area contributed by atoms with Gasteiger partial charge in [-0.15, -0.1) is 0 Å². The predicted molar refractivity (Wildman–Crippen MR) is 108 cm³/mol. The summed E-state index contributed by atoms with van der Waals surface area (Å²) in [6.45, 7) is 4.35. The minimum absolute atomic E-state index is 0.103. The molecule has 0 saturated carbocycles. The topological polar surface area (TPSA) is 26.3 Å². The first-order valence-corrected chi connectivity index (χ1v) is 9.73. The van der Waals surface area contributed by atoms with E-state index in [0.717, 1.165) is 51.1 Å². The number of furan rings is 2. The standard InChI is InChI=1S/C23H19BrO2/c1-14-12-18-22(25-14)21-17-13-16(24)8-9-19(17)26-20(21)10-11-23(18,2)15-6-4-3-5-7-15/h3-9,12-13H,10-11H2,1-2H3/t23-/m1/s1. The quantitative estimate of drug-likeness (QED) is 0.339. The van der Waals surface area contributed by atoms with Gasteiger partial charge < -0.3 is 8.83 Å². The van der Waals surface area contributed by atoms with Gasteiger partial charge in [-0.3, -0.25) is 0 Å². The first kappa shape index (κ1) is 16.0.